The van der Waals surface area contributed by atoms with Crippen LogP contribution in [0.4, 0.5) is 0 Å². The van der Waals surface area contributed by atoms with Gasteiger partial charge in [-0.1, -0.05) is 0 Å². The minimum atomic E-state index is 0.728. The van der Waals surface area contributed by atoms with Crippen LogP contribution in [0.3, 0.4) is 0 Å². The summed E-state index contributed by atoms with van der Waals surface area (Å²) < 4.78 is 1.92. The van der Waals surface area contributed by atoms with Crippen molar-refractivity contribution in [1.82, 2.24) is 14.9 Å². The second kappa shape index (κ2) is 3.66. The van der Waals surface area contributed by atoms with Crippen molar-refractivity contribution in [2.75, 3.05) is 13.1 Å². The van der Waals surface area contributed by atoms with Gasteiger partial charge in [0.25, 0.3) is 0 Å². The minimum absolute atomic E-state index is 0.728. The van der Waals surface area contributed by atoms with Crippen molar-refractivity contribution in [3.63, 3.8) is 0 Å². The van der Waals surface area contributed by atoms with Gasteiger partial charge in [-0.05, 0) is 55.6 Å². The van der Waals surface area contributed by atoms with Gasteiger partial charge >= 0.3 is 0 Å². The van der Waals surface area contributed by atoms with E-state index in [4.69, 9.17) is 0 Å². The van der Waals surface area contributed by atoms with Crippen molar-refractivity contribution >= 4 is 5.52 Å². The smallest absolute Gasteiger partial charge is 0.0664 e. The monoisotopic (exact) mass is 201 g/mol. The summed E-state index contributed by atoms with van der Waals surface area (Å²) in [6.45, 7) is 2.30. The van der Waals surface area contributed by atoms with Crippen molar-refractivity contribution in [2.45, 2.75) is 18.8 Å². The Bertz CT molecular complexity index is 455. The van der Waals surface area contributed by atoms with Crippen LogP contribution >= 0.6 is 0 Å². The number of aromatic nitrogens is 2. The number of nitrogens with zero attached hydrogens (tertiary/aromatic N) is 2. The van der Waals surface area contributed by atoms with Gasteiger partial charge in [0, 0.05) is 12.4 Å². The number of hydrogen-bond donors (Lipinski definition) is 1. The van der Waals surface area contributed by atoms with Gasteiger partial charge in [0.05, 0.1) is 5.52 Å². The Kier molecular flexibility index (Phi) is 2.18. The molecule has 3 rings (SSSR count). The van der Waals surface area contributed by atoms with E-state index in [0.717, 1.165) is 19.0 Å². The zero-order chi connectivity index (χ0) is 10.1. The van der Waals surface area contributed by atoms with Crippen LogP contribution in [0.2, 0.25) is 0 Å². The van der Waals surface area contributed by atoms with Gasteiger partial charge in [-0.3, -0.25) is 0 Å². The molecule has 78 valence electrons. The fraction of sp³-hybridized carbons (Fsp3) is 0.417. The van der Waals surface area contributed by atoms with Crippen LogP contribution in [0.25, 0.3) is 5.52 Å². The van der Waals surface area contributed by atoms with Gasteiger partial charge in [0.2, 0.25) is 0 Å². The Morgan fingerprint density at radius 3 is 3.00 bits per heavy atom. The molecule has 2 aromatic heterocycles. The first kappa shape index (κ1) is 8.92. The quantitative estimate of drug-likeness (QED) is 0.762. The Hall–Kier alpha value is -1.35. The van der Waals surface area contributed by atoms with E-state index >= 15 is 0 Å². The maximum Gasteiger partial charge on any atom is 0.0664 e. The summed E-state index contributed by atoms with van der Waals surface area (Å²) in [5.41, 5.74) is 2.66. The molecule has 3 heteroatoms. The summed E-state index contributed by atoms with van der Waals surface area (Å²) in [6.07, 6.45) is 6.42. The van der Waals surface area contributed by atoms with Gasteiger partial charge in [0.1, 0.15) is 0 Å². The maximum absolute atomic E-state index is 4.21. The molecule has 0 amide bonds. The molecule has 0 spiro atoms. The lowest BCUT2D eigenvalue weighted by Crippen LogP contribution is -2.26. The summed E-state index contributed by atoms with van der Waals surface area (Å²) in [6, 6.07) is 6.53. The highest BCUT2D eigenvalue weighted by atomic mass is 15.2. The summed E-state index contributed by atoms with van der Waals surface area (Å²) in [5, 5.41) is 7.61. The average Bonchev–Trinajstić information content (AvgIpc) is 2.77. The molecule has 3 nitrogen and oxygen atoms in total. The predicted octanol–water partition coefficient (Wildman–Crippen LogP) is 1.80. The van der Waals surface area contributed by atoms with Crippen molar-refractivity contribution in [3.8, 4) is 0 Å². The fourth-order valence-electron chi connectivity index (χ4n) is 2.35. The van der Waals surface area contributed by atoms with E-state index in [9.17, 15) is 0 Å². The largest absolute Gasteiger partial charge is 0.317 e. The molecule has 0 aromatic carbocycles. The van der Waals surface area contributed by atoms with Gasteiger partial charge in [-0.2, -0.15) is 5.10 Å². The van der Waals surface area contributed by atoms with E-state index in [1.807, 2.05) is 10.7 Å². The van der Waals surface area contributed by atoms with E-state index in [-0.39, 0.29) is 0 Å². The van der Waals surface area contributed by atoms with E-state index in [0.29, 0.717) is 0 Å². The first-order valence-electron chi connectivity index (χ1n) is 5.57. The summed E-state index contributed by atoms with van der Waals surface area (Å²) >= 11 is 0. The van der Waals surface area contributed by atoms with E-state index in [2.05, 4.69) is 34.8 Å². The predicted molar refractivity (Wildman–Crippen MR) is 60.0 cm³/mol. The minimum Gasteiger partial charge on any atom is -0.317 e. The van der Waals surface area contributed by atoms with Crippen LogP contribution in [0.5, 0.6) is 0 Å². The molecule has 1 aliphatic heterocycles. The van der Waals surface area contributed by atoms with Crippen molar-refractivity contribution in [3.05, 3.63) is 36.2 Å². The second-order valence-electron chi connectivity index (χ2n) is 4.18. The highest BCUT2D eigenvalue weighted by molar-refractivity contribution is 5.48. The number of fused-ring (bicyclic) bond motifs is 1. The van der Waals surface area contributed by atoms with Gasteiger partial charge < -0.3 is 5.32 Å². The Morgan fingerprint density at radius 2 is 2.13 bits per heavy atom. The summed E-state index contributed by atoms with van der Waals surface area (Å²) in [7, 11) is 0. The Balaban J connectivity index is 1.95. The molecular weight excluding hydrogens is 186 g/mol. The lowest BCUT2D eigenvalue weighted by Gasteiger charge is -2.22. The van der Waals surface area contributed by atoms with Gasteiger partial charge in [0.15, 0.2) is 0 Å². The molecule has 1 saturated heterocycles. The molecule has 2 aromatic rings. The summed E-state index contributed by atoms with van der Waals surface area (Å²) in [5.74, 6) is 0.728. The zero-order valence-electron chi connectivity index (χ0n) is 8.69. The van der Waals surface area contributed by atoms with Crippen LogP contribution in [-0.2, 0) is 0 Å². The van der Waals surface area contributed by atoms with E-state index < -0.39 is 0 Å². The van der Waals surface area contributed by atoms with Crippen molar-refractivity contribution in [1.29, 1.82) is 0 Å². The lowest BCUT2D eigenvalue weighted by molar-refractivity contribution is 0.460. The molecule has 15 heavy (non-hydrogen) atoms. The molecule has 3 heterocycles. The third-order valence-corrected chi connectivity index (χ3v) is 3.23. The van der Waals surface area contributed by atoms with Crippen LogP contribution in [0.1, 0.15) is 24.3 Å². The van der Waals surface area contributed by atoms with Crippen LogP contribution in [0, 0.1) is 0 Å². The lowest BCUT2D eigenvalue weighted by atomic mass is 9.91. The van der Waals surface area contributed by atoms with Crippen molar-refractivity contribution < 1.29 is 0 Å². The molecule has 0 aliphatic carbocycles. The van der Waals surface area contributed by atoms with E-state index in [1.165, 1.54) is 23.9 Å². The van der Waals surface area contributed by atoms with Crippen LogP contribution in [-0.4, -0.2) is 22.7 Å². The standard InChI is InChI=1S/C12H15N3/c1-5-13-6-2-10(1)11-4-8-15-12(9-11)3-7-14-15/h3-4,7-10,13H,1-2,5-6H2. The topological polar surface area (TPSA) is 29.3 Å². The molecule has 1 N–H and O–H groups in total. The average molecular weight is 201 g/mol. The summed E-state index contributed by atoms with van der Waals surface area (Å²) in [4.78, 5) is 0. The normalized spacial score (nSPS) is 18.4. The Labute approximate surface area is 89.1 Å². The number of piperidine rings is 1. The molecule has 0 radical (unpaired) electrons. The van der Waals surface area contributed by atoms with Crippen LogP contribution in [0.15, 0.2) is 30.6 Å². The van der Waals surface area contributed by atoms with Crippen molar-refractivity contribution in [2.24, 2.45) is 0 Å². The second-order valence-corrected chi connectivity index (χ2v) is 4.18. The SMILES string of the molecule is c1cc2cc(C3CCNCC3)ccn2n1. The molecule has 0 bridgehead atoms. The Morgan fingerprint density at radius 1 is 1.27 bits per heavy atom. The maximum atomic E-state index is 4.21. The number of pyridine rings is 1. The molecule has 1 aliphatic rings. The highest BCUT2D eigenvalue weighted by Gasteiger charge is 2.15. The van der Waals surface area contributed by atoms with Gasteiger partial charge in [-0.25, -0.2) is 4.52 Å². The van der Waals surface area contributed by atoms with E-state index in [1.54, 1.807) is 0 Å². The molecule has 0 atom stereocenters. The molecular formula is C12H15N3. The van der Waals surface area contributed by atoms with Gasteiger partial charge in [-0.15, -0.1) is 0 Å². The highest BCUT2D eigenvalue weighted by Crippen LogP contribution is 2.25. The third kappa shape index (κ3) is 1.63. The first-order valence-corrected chi connectivity index (χ1v) is 5.57. The number of nitrogens with one attached hydrogen (secondary N) is 1. The fourth-order valence-corrected chi connectivity index (χ4v) is 2.35. The van der Waals surface area contributed by atoms with Crippen LogP contribution < -0.4 is 5.32 Å². The molecule has 0 saturated carbocycles. The number of rotatable bonds is 1. The zero-order valence-corrected chi connectivity index (χ0v) is 8.69. The molecule has 1 fully saturated rings. The number of hydrogen-bond acceptors (Lipinski definition) is 2. The molecule has 0 unspecified atom stereocenters. The first-order chi connectivity index (χ1) is 7.43. The third-order valence-electron chi connectivity index (χ3n) is 3.23.